The number of likely N-dealkylation sites (tertiary alicyclic amines) is 1. The highest BCUT2D eigenvalue weighted by Crippen LogP contribution is 2.48. The number of H-pyrrole nitrogens is 1. The molecule has 1 spiro atoms. The van der Waals surface area contributed by atoms with Crippen LogP contribution in [0.4, 0.5) is 24.5 Å². The molecule has 0 bridgehead atoms. The molecular weight excluding hydrogens is 631 g/mol. The molecule has 4 heterocycles. The van der Waals surface area contributed by atoms with Gasteiger partial charge in [-0.1, -0.05) is 12.1 Å². The average Bonchev–Trinajstić information content (AvgIpc) is 3.32. The predicted octanol–water partition coefficient (Wildman–Crippen LogP) is 6.25. The molecular formula is C38H48F3N5O3. The first-order chi connectivity index (χ1) is 23.3. The number of piperidine rings is 1. The van der Waals surface area contributed by atoms with Crippen molar-refractivity contribution in [1.82, 2.24) is 15.2 Å². The molecule has 2 saturated heterocycles. The third-order valence-corrected chi connectivity index (χ3v) is 10.9. The van der Waals surface area contributed by atoms with Gasteiger partial charge in [-0.3, -0.25) is 14.5 Å². The van der Waals surface area contributed by atoms with E-state index in [1.165, 1.54) is 10.5 Å². The number of fused-ring (bicyclic) bond motifs is 2. The minimum Gasteiger partial charge on any atom is -0.381 e. The summed E-state index contributed by atoms with van der Waals surface area (Å²) in [7, 11) is 2.05. The summed E-state index contributed by atoms with van der Waals surface area (Å²) < 4.78 is 44.9. The SMILES string of the molecule is CCN(c1cc(-c2ccc3c(c2)N(C)CC32CCN(CC(F)(F)F)CC2)cc(C(=O)NCc2c(C)cc(C)[nH]c2=O)c1C)C1CCOCC1. The number of ether oxygens (including phenoxy) is 1. The summed E-state index contributed by atoms with van der Waals surface area (Å²) in [6.07, 6.45) is -1.03. The van der Waals surface area contributed by atoms with Gasteiger partial charge in [-0.25, -0.2) is 0 Å². The number of aryl methyl sites for hydroxylation is 2. The molecule has 1 amide bonds. The van der Waals surface area contributed by atoms with E-state index >= 15 is 0 Å². The Kier molecular flexibility index (Phi) is 9.88. The van der Waals surface area contributed by atoms with Crippen molar-refractivity contribution < 1.29 is 22.7 Å². The number of likely N-dealkylation sites (N-methyl/N-ethyl adjacent to an activating group) is 1. The number of halogens is 3. The van der Waals surface area contributed by atoms with Gasteiger partial charge in [0.1, 0.15) is 0 Å². The van der Waals surface area contributed by atoms with Gasteiger partial charge in [0.2, 0.25) is 0 Å². The number of nitrogens with one attached hydrogen (secondary N) is 2. The lowest BCUT2D eigenvalue weighted by Gasteiger charge is -2.40. The molecule has 8 nitrogen and oxygen atoms in total. The standard InChI is InChI=1S/C38H48F3N5O3/c1-6-46(29-9-15-49-16-10-29)33-20-28(18-30(26(33)4)35(47)42-21-31-24(2)17-25(3)43-36(31)48)27-7-8-32-34(19-27)44(5)22-37(32)11-13-45(14-12-37)23-38(39,40)41/h7-8,17-20,29H,6,9-16,21-23H2,1-5H3,(H,42,47)(H,43,48). The molecule has 1 aromatic heterocycles. The Balaban J connectivity index is 1.35. The summed E-state index contributed by atoms with van der Waals surface area (Å²) in [6.45, 7) is 10.9. The summed E-state index contributed by atoms with van der Waals surface area (Å²) in [5.41, 5.74) is 8.36. The number of pyridine rings is 1. The first-order valence-corrected chi connectivity index (χ1v) is 17.4. The van der Waals surface area contributed by atoms with Crippen LogP contribution >= 0.6 is 0 Å². The molecule has 49 heavy (non-hydrogen) atoms. The quantitative estimate of drug-likeness (QED) is 0.293. The van der Waals surface area contributed by atoms with Gasteiger partial charge in [-0.2, -0.15) is 13.2 Å². The molecule has 0 aliphatic carbocycles. The zero-order chi connectivity index (χ0) is 35.1. The topological polar surface area (TPSA) is 80.9 Å². The molecule has 11 heteroatoms. The van der Waals surface area contributed by atoms with Gasteiger partial charge in [0, 0.05) is 79.5 Å². The number of rotatable bonds is 8. The van der Waals surface area contributed by atoms with Crippen molar-refractivity contribution >= 4 is 17.3 Å². The molecule has 2 N–H and O–H groups in total. The number of carbonyl (C=O) groups is 1. The number of nitrogens with zero attached hydrogens (tertiary/aromatic N) is 3. The van der Waals surface area contributed by atoms with E-state index in [9.17, 15) is 22.8 Å². The van der Waals surface area contributed by atoms with Crippen LogP contribution in [0.5, 0.6) is 0 Å². The first-order valence-electron chi connectivity index (χ1n) is 17.4. The second-order valence-electron chi connectivity index (χ2n) is 14.2. The first kappa shape index (κ1) is 35.0. The van der Waals surface area contributed by atoms with Gasteiger partial charge in [0.15, 0.2) is 0 Å². The van der Waals surface area contributed by atoms with Gasteiger partial charge in [-0.15, -0.1) is 0 Å². The predicted molar refractivity (Wildman–Crippen MR) is 188 cm³/mol. The number of amides is 1. The third kappa shape index (κ3) is 7.24. The van der Waals surface area contributed by atoms with Crippen LogP contribution < -0.4 is 20.7 Å². The van der Waals surface area contributed by atoms with Crippen LogP contribution in [-0.2, 0) is 16.7 Å². The van der Waals surface area contributed by atoms with E-state index in [-0.39, 0.29) is 29.5 Å². The minimum atomic E-state index is -4.19. The molecule has 0 saturated carbocycles. The van der Waals surface area contributed by atoms with Gasteiger partial charge in [0.05, 0.1) is 6.54 Å². The third-order valence-electron chi connectivity index (χ3n) is 10.9. The zero-order valence-corrected chi connectivity index (χ0v) is 29.2. The van der Waals surface area contributed by atoms with E-state index < -0.39 is 12.7 Å². The number of hydrogen-bond acceptors (Lipinski definition) is 6. The normalized spacial score (nSPS) is 18.2. The highest BCUT2D eigenvalue weighted by atomic mass is 19.4. The fraction of sp³-hybridized carbons (Fsp3) is 0.526. The van der Waals surface area contributed by atoms with Crippen LogP contribution in [0.2, 0.25) is 0 Å². The Hall–Kier alpha value is -3.83. The number of hydrogen-bond donors (Lipinski definition) is 2. The number of anilines is 2. The lowest BCUT2D eigenvalue weighted by molar-refractivity contribution is -0.149. The van der Waals surface area contributed by atoms with E-state index in [4.69, 9.17) is 4.74 Å². The average molecular weight is 680 g/mol. The molecule has 0 radical (unpaired) electrons. The van der Waals surface area contributed by atoms with Crippen molar-refractivity contribution in [2.24, 2.45) is 0 Å². The summed E-state index contributed by atoms with van der Waals surface area (Å²) in [5, 5.41) is 3.02. The Morgan fingerprint density at radius 2 is 1.78 bits per heavy atom. The fourth-order valence-corrected chi connectivity index (χ4v) is 8.31. The number of alkyl halides is 3. The molecule has 6 rings (SSSR count). The van der Waals surface area contributed by atoms with Crippen molar-refractivity contribution in [1.29, 1.82) is 0 Å². The number of benzene rings is 2. The molecule has 3 aromatic rings. The molecule has 0 unspecified atom stereocenters. The zero-order valence-electron chi connectivity index (χ0n) is 29.2. The van der Waals surface area contributed by atoms with Crippen LogP contribution in [0, 0.1) is 20.8 Å². The van der Waals surface area contributed by atoms with Gasteiger partial charge < -0.3 is 24.8 Å². The van der Waals surface area contributed by atoms with Crippen molar-refractivity contribution in [3.05, 3.63) is 80.3 Å². The molecule has 0 atom stereocenters. The molecule has 264 valence electrons. The van der Waals surface area contributed by atoms with E-state index in [0.29, 0.717) is 50.3 Å². The Morgan fingerprint density at radius 1 is 1.06 bits per heavy atom. The van der Waals surface area contributed by atoms with E-state index in [1.807, 2.05) is 32.9 Å². The maximum absolute atomic E-state index is 14.0. The Bertz CT molecular complexity index is 1760. The monoisotopic (exact) mass is 679 g/mol. The fourth-order valence-electron chi connectivity index (χ4n) is 8.31. The van der Waals surface area contributed by atoms with Crippen molar-refractivity contribution in [3.63, 3.8) is 0 Å². The summed E-state index contributed by atoms with van der Waals surface area (Å²) in [6, 6.07) is 12.7. The lowest BCUT2D eigenvalue weighted by atomic mass is 9.74. The number of aromatic amines is 1. The molecule has 3 aliphatic heterocycles. The van der Waals surface area contributed by atoms with Crippen LogP contribution in [0.1, 0.15) is 70.9 Å². The van der Waals surface area contributed by atoms with E-state index in [1.54, 1.807) is 0 Å². The number of carbonyl (C=O) groups excluding carboxylic acids is 1. The summed E-state index contributed by atoms with van der Waals surface area (Å²) >= 11 is 0. The van der Waals surface area contributed by atoms with Crippen LogP contribution in [-0.4, -0.2) is 81.0 Å². The highest BCUT2D eigenvalue weighted by molar-refractivity contribution is 5.99. The van der Waals surface area contributed by atoms with Gasteiger partial charge in [-0.05, 0) is 119 Å². The van der Waals surface area contributed by atoms with Crippen LogP contribution in [0.3, 0.4) is 0 Å². The van der Waals surface area contributed by atoms with Crippen molar-refractivity contribution in [2.45, 2.75) is 77.6 Å². The maximum atomic E-state index is 14.0. The van der Waals surface area contributed by atoms with Crippen molar-refractivity contribution in [2.75, 3.05) is 62.8 Å². The summed E-state index contributed by atoms with van der Waals surface area (Å²) in [4.78, 5) is 35.6. The second kappa shape index (κ2) is 13.8. The van der Waals surface area contributed by atoms with Gasteiger partial charge in [0.25, 0.3) is 11.5 Å². The van der Waals surface area contributed by atoms with E-state index in [0.717, 1.165) is 65.3 Å². The van der Waals surface area contributed by atoms with Crippen LogP contribution in [0.25, 0.3) is 11.1 Å². The maximum Gasteiger partial charge on any atom is 0.401 e. The second-order valence-corrected chi connectivity index (χ2v) is 14.2. The molecule has 3 aliphatic rings. The van der Waals surface area contributed by atoms with Gasteiger partial charge >= 0.3 is 6.18 Å². The summed E-state index contributed by atoms with van der Waals surface area (Å²) in [5.74, 6) is -0.245. The largest absolute Gasteiger partial charge is 0.401 e. The van der Waals surface area contributed by atoms with Crippen molar-refractivity contribution in [3.8, 4) is 11.1 Å². The number of aromatic nitrogens is 1. The molecule has 2 fully saturated rings. The molecule has 2 aromatic carbocycles. The highest BCUT2D eigenvalue weighted by Gasteiger charge is 2.45. The smallest absolute Gasteiger partial charge is 0.381 e. The Morgan fingerprint density at radius 3 is 2.43 bits per heavy atom. The Labute approximate surface area is 286 Å². The van der Waals surface area contributed by atoms with E-state index in [2.05, 4.69) is 58.3 Å². The lowest BCUT2D eigenvalue weighted by Crippen LogP contribution is -2.47. The van der Waals surface area contributed by atoms with Crippen LogP contribution in [0.15, 0.2) is 41.2 Å². The minimum absolute atomic E-state index is 0.114.